The van der Waals surface area contributed by atoms with E-state index in [-0.39, 0.29) is 24.5 Å². The first-order valence-corrected chi connectivity index (χ1v) is 9.20. The molecule has 0 fully saturated rings. The Hall–Kier alpha value is -2.57. The maximum Gasteiger partial charge on any atom is 0.326 e. The largest absolute Gasteiger partial charge is 0.493 e. The van der Waals surface area contributed by atoms with Crippen molar-refractivity contribution in [2.75, 3.05) is 13.2 Å². The molecule has 0 aromatic heterocycles. The summed E-state index contributed by atoms with van der Waals surface area (Å²) >= 11 is 0. The Morgan fingerprint density at radius 3 is 2.19 bits per heavy atom. The molecule has 0 saturated heterocycles. The van der Waals surface area contributed by atoms with Crippen LogP contribution in [-0.2, 0) is 14.3 Å². The number of rotatable bonds is 9. The number of esters is 1. The topological polar surface area (TPSA) is 84.9 Å². The van der Waals surface area contributed by atoms with Crippen LogP contribution in [0.3, 0.4) is 0 Å². The zero-order chi connectivity index (χ0) is 20.6. The standard InChI is InChI=1S/C20H30N2O5/c1-7-26-17-11-9-8-10-16(17)19(24)21-12-18(23)27-15(6)20(25)22(13(2)3)14(4)5/h8-11,13-15H,7,12H2,1-6H3,(H,21,24). The fourth-order valence-electron chi connectivity index (χ4n) is 2.79. The van der Waals surface area contributed by atoms with Crippen LogP contribution in [0.2, 0.25) is 0 Å². The van der Waals surface area contributed by atoms with E-state index in [0.29, 0.717) is 17.9 Å². The fourth-order valence-corrected chi connectivity index (χ4v) is 2.79. The van der Waals surface area contributed by atoms with Gasteiger partial charge in [-0.05, 0) is 53.7 Å². The van der Waals surface area contributed by atoms with Gasteiger partial charge in [0.25, 0.3) is 11.8 Å². The summed E-state index contributed by atoms with van der Waals surface area (Å²) in [6, 6.07) is 6.76. The SMILES string of the molecule is CCOc1ccccc1C(=O)NCC(=O)OC(C)C(=O)N(C(C)C)C(C)C. The Morgan fingerprint density at radius 2 is 1.63 bits per heavy atom. The number of para-hydroxylation sites is 1. The third kappa shape index (κ3) is 6.58. The lowest BCUT2D eigenvalue weighted by molar-refractivity contribution is -0.160. The first-order chi connectivity index (χ1) is 12.7. The van der Waals surface area contributed by atoms with Crippen LogP contribution in [0, 0.1) is 0 Å². The van der Waals surface area contributed by atoms with Crippen molar-refractivity contribution >= 4 is 17.8 Å². The smallest absolute Gasteiger partial charge is 0.326 e. The van der Waals surface area contributed by atoms with Gasteiger partial charge >= 0.3 is 5.97 Å². The molecule has 0 aliphatic rings. The highest BCUT2D eigenvalue weighted by molar-refractivity contribution is 5.98. The highest BCUT2D eigenvalue weighted by Crippen LogP contribution is 2.17. The van der Waals surface area contributed by atoms with Crippen LogP contribution in [0.25, 0.3) is 0 Å². The number of carbonyl (C=O) groups excluding carboxylic acids is 3. The first-order valence-electron chi connectivity index (χ1n) is 9.20. The molecule has 1 aromatic rings. The molecule has 1 unspecified atom stereocenters. The second-order valence-electron chi connectivity index (χ2n) is 6.68. The quantitative estimate of drug-likeness (QED) is 0.667. The second-order valence-corrected chi connectivity index (χ2v) is 6.68. The average molecular weight is 378 g/mol. The lowest BCUT2D eigenvalue weighted by Gasteiger charge is -2.32. The van der Waals surface area contributed by atoms with Crippen molar-refractivity contribution in [2.45, 2.75) is 59.7 Å². The highest BCUT2D eigenvalue weighted by Gasteiger charge is 2.27. The molecule has 1 atom stereocenters. The molecule has 0 aliphatic carbocycles. The Labute approximate surface area is 161 Å². The lowest BCUT2D eigenvalue weighted by Crippen LogP contribution is -2.48. The average Bonchev–Trinajstić information content (AvgIpc) is 2.59. The predicted molar refractivity (Wildman–Crippen MR) is 103 cm³/mol. The van der Waals surface area contributed by atoms with E-state index in [2.05, 4.69) is 5.32 Å². The number of benzene rings is 1. The minimum atomic E-state index is -0.921. The van der Waals surface area contributed by atoms with Gasteiger partial charge in [0.1, 0.15) is 12.3 Å². The number of nitrogens with one attached hydrogen (secondary N) is 1. The summed E-state index contributed by atoms with van der Waals surface area (Å²) in [5, 5.41) is 2.50. The van der Waals surface area contributed by atoms with Crippen LogP contribution >= 0.6 is 0 Å². The van der Waals surface area contributed by atoms with E-state index < -0.39 is 18.0 Å². The van der Waals surface area contributed by atoms with Gasteiger partial charge in [-0.15, -0.1) is 0 Å². The van der Waals surface area contributed by atoms with Crippen LogP contribution in [0.15, 0.2) is 24.3 Å². The molecular weight excluding hydrogens is 348 g/mol. The maximum atomic E-state index is 12.5. The summed E-state index contributed by atoms with van der Waals surface area (Å²) in [7, 11) is 0. The van der Waals surface area contributed by atoms with Crippen molar-refractivity contribution in [3.05, 3.63) is 29.8 Å². The molecule has 0 aliphatic heterocycles. The number of nitrogens with zero attached hydrogens (tertiary/aromatic N) is 1. The highest BCUT2D eigenvalue weighted by atomic mass is 16.5. The zero-order valence-electron chi connectivity index (χ0n) is 16.9. The number of ether oxygens (including phenoxy) is 2. The number of hydrogen-bond acceptors (Lipinski definition) is 5. The minimum Gasteiger partial charge on any atom is -0.493 e. The van der Waals surface area contributed by atoms with Gasteiger partial charge in [0.05, 0.1) is 12.2 Å². The third-order valence-electron chi connectivity index (χ3n) is 3.85. The Balaban J connectivity index is 2.62. The van der Waals surface area contributed by atoms with Crippen molar-refractivity contribution in [1.82, 2.24) is 10.2 Å². The molecule has 0 spiro atoms. The number of amides is 2. The van der Waals surface area contributed by atoms with Gasteiger partial charge in [-0.2, -0.15) is 0 Å². The molecule has 27 heavy (non-hydrogen) atoms. The molecule has 150 valence electrons. The summed E-state index contributed by atoms with van der Waals surface area (Å²) in [4.78, 5) is 38.4. The molecular formula is C20H30N2O5. The van der Waals surface area contributed by atoms with Crippen molar-refractivity contribution in [3.8, 4) is 5.75 Å². The normalized spacial score (nSPS) is 11.9. The monoisotopic (exact) mass is 378 g/mol. The van der Waals surface area contributed by atoms with E-state index in [9.17, 15) is 14.4 Å². The number of carbonyl (C=O) groups is 3. The molecule has 2 amide bonds. The molecule has 0 radical (unpaired) electrons. The molecule has 0 bridgehead atoms. The molecule has 1 N–H and O–H groups in total. The Kier molecular flexibility index (Phi) is 8.78. The second kappa shape index (κ2) is 10.5. The summed E-state index contributed by atoms with van der Waals surface area (Å²) in [5.74, 6) is -0.938. The van der Waals surface area contributed by atoms with E-state index in [0.717, 1.165) is 0 Å². The fraction of sp³-hybridized carbons (Fsp3) is 0.550. The van der Waals surface area contributed by atoms with Crippen LogP contribution in [-0.4, -0.2) is 54.0 Å². The summed E-state index contributed by atoms with van der Waals surface area (Å²) in [6.07, 6.45) is -0.921. The molecule has 7 nitrogen and oxygen atoms in total. The summed E-state index contributed by atoms with van der Waals surface area (Å²) in [6.45, 7) is 11.1. The van der Waals surface area contributed by atoms with Gasteiger partial charge in [-0.25, -0.2) is 0 Å². The zero-order valence-corrected chi connectivity index (χ0v) is 16.9. The van der Waals surface area contributed by atoms with Crippen molar-refractivity contribution in [1.29, 1.82) is 0 Å². The van der Waals surface area contributed by atoms with Crippen LogP contribution in [0.4, 0.5) is 0 Å². The van der Waals surface area contributed by atoms with E-state index in [1.807, 2.05) is 34.6 Å². The van der Waals surface area contributed by atoms with Gasteiger partial charge in [-0.1, -0.05) is 12.1 Å². The van der Waals surface area contributed by atoms with Crippen LogP contribution in [0.1, 0.15) is 51.9 Å². The molecule has 1 rings (SSSR count). The summed E-state index contributed by atoms with van der Waals surface area (Å²) in [5.41, 5.74) is 0.335. The predicted octanol–water partition coefficient (Wildman–Crippen LogP) is 2.39. The minimum absolute atomic E-state index is 0.00609. The lowest BCUT2D eigenvalue weighted by atomic mass is 10.2. The van der Waals surface area contributed by atoms with Crippen LogP contribution < -0.4 is 10.1 Å². The third-order valence-corrected chi connectivity index (χ3v) is 3.85. The van der Waals surface area contributed by atoms with Gasteiger partial charge in [0, 0.05) is 12.1 Å². The maximum absolute atomic E-state index is 12.5. The molecule has 0 saturated carbocycles. The summed E-state index contributed by atoms with van der Waals surface area (Å²) < 4.78 is 10.6. The Morgan fingerprint density at radius 1 is 1.04 bits per heavy atom. The van der Waals surface area contributed by atoms with Gasteiger partial charge in [0.2, 0.25) is 0 Å². The van der Waals surface area contributed by atoms with E-state index in [4.69, 9.17) is 9.47 Å². The van der Waals surface area contributed by atoms with Gasteiger partial charge < -0.3 is 19.7 Å². The van der Waals surface area contributed by atoms with Gasteiger partial charge in [-0.3, -0.25) is 14.4 Å². The molecule has 7 heteroatoms. The number of hydrogen-bond donors (Lipinski definition) is 1. The first kappa shape index (κ1) is 22.5. The van der Waals surface area contributed by atoms with Crippen molar-refractivity contribution in [2.24, 2.45) is 0 Å². The van der Waals surface area contributed by atoms with Crippen molar-refractivity contribution < 1.29 is 23.9 Å². The van der Waals surface area contributed by atoms with E-state index in [1.165, 1.54) is 6.92 Å². The van der Waals surface area contributed by atoms with Crippen LogP contribution in [0.5, 0.6) is 5.75 Å². The van der Waals surface area contributed by atoms with Gasteiger partial charge in [0.15, 0.2) is 6.10 Å². The Bertz CT molecular complexity index is 650. The van der Waals surface area contributed by atoms with E-state index >= 15 is 0 Å². The molecule has 1 aromatic carbocycles. The molecule has 0 heterocycles. The van der Waals surface area contributed by atoms with Crippen molar-refractivity contribution in [3.63, 3.8) is 0 Å². The van der Waals surface area contributed by atoms with E-state index in [1.54, 1.807) is 29.2 Å².